The molecule has 2 aromatic carbocycles. The molecule has 0 saturated heterocycles. The summed E-state index contributed by atoms with van der Waals surface area (Å²) in [5.41, 5.74) is 5.93. The maximum Gasteiger partial charge on any atom is 0.156 e. The van der Waals surface area contributed by atoms with E-state index in [0.717, 1.165) is 0 Å². The van der Waals surface area contributed by atoms with Crippen LogP contribution in [0.15, 0.2) is 36.4 Å². The first-order valence-corrected chi connectivity index (χ1v) is 6.44. The van der Waals surface area contributed by atoms with Crippen LogP contribution in [0.25, 0.3) is 0 Å². The van der Waals surface area contributed by atoms with Gasteiger partial charge in [0.15, 0.2) is 5.75 Å². The highest BCUT2D eigenvalue weighted by molar-refractivity contribution is 6.37. The lowest BCUT2D eigenvalue weighted by Crippen LogP contribution is -2.12. The van der Waals surface area contributed by atoms with E-state index in [4.69, 9.17) is 39.1 Å². The van der Waals surface area contributed by atoms with Gasteiger partial charge < -0.3 is 10.5 Å². The van der Waals surface area contributed by atoms with Gasteiger partial charge in [0.2, 0.25) is 0 Å². The van der Waals surface area contributed by atoms with Crippen LogP contribution < -0.4 is 10.5 Å². The number of amidine groups is 1. The number of ether oxygens (including phenoxy) is 1. The summed E-state index contributed by atoms with van der Waals surface area (Å²) in [6.45, 7) is -0.0204. The smallest absolute Gasteiger partial charge is 0.156 e. The van der Waals surface area contributed by atoms with Crippen LogP contribution in [-0.2, 0) is 6.61 Å². The Morgan fingerprint density at radius 3 is 2.40 bits per heavy atom. The van der Waals surface area contributed by atoms with E-state index in [2.05, 4.69) is 0 Å². The quantitative estimate of drug-likeness (QED) is 0.662. The van der Waals surface area contributed by atoms with Crippen molar-refractivity contribution in [2.45, 2.75) is 6.61 Å². The van der Waals surface area contributed by atoms with Crippen LogP contribution >= 0.6 is 23.2 Å². The van der Waals surface area contributed by atoms with Crippen LogP contribution in [0.2, 0.25) is 10.0 Å². The molecule has 104 valence electrons. The van der Waals surface area contributed by atoms with Gasteiger partial charge in [0.05, 0.1) is 10.0 Å². The van der Waals surface area contributed by atoms with E-state index in [1.165, 1.54) is 12.1 Å². The molecule has 0 bridgehead atoms. The van der Waals surface area contributed by atoms with Crippen molar-refractivity contribution in [3.05, 3.63) is 63.4 Å². The van der Waals surface area contributed by atoms with Gasteiger partial charge in [-0.3, -0.25) is 5.41 Å². The molecule has 2 rings (SSSR count). The zero-order valence-corrected chi connectivity index (χ0v) is 11.8. The average molecular weight is 313 g/mol. The van der Waals surface area contributed by atoms with Gasteiger partial charge in [0.25, 0.3) is 0 Å². The molecule has 0 radical (unpaired) electrons. The molecular weight excluding hydrogens is 302 g/mol. The number of para-hydroxylation sites is 1. The number of hydrogen-bond acceptors (Lipinski definition) is 2. The molecule has 3 N–H and O–H groups in total. The lowest BCUT2D eigenvalue weighted by Gasteiger charge is -2.11. The van der Waals surface area contributed by atoms with Gasteiger partial charge in [-0.1, -0.05) is 41.4 Å². The molecule has 0 fully saturated rings. The Kier molecular flexibility index (Phi) is 4.47. The predicted octanol–water partition coefficient (Wildman–Crippen LogP) is 4.00. The molecule has 0 atom stereocenters. The van der Waals surface area contributed by atoms with Gasteiger partial charge in [0.1, 0.15) is 18.3 Å². The summed E-state index contributed by atoms with van der Waals surface area (Å²) in [5.74, 6) is -0.378. The monoisotopic (exact) mass is 312 g/mol. The van der Waals surface area contributed by atoms with E-state index in [1.54, 1.807) is 24.3 Å². The zero-order valence-electron chi connectivity index (χ0n) is 10.3. The molecule has 3 nitrogen and oxygen atoms in total. The van der Waals surface area contributed by atoms with Crippen molar-refractivity contribution in [1.82, 2.24) is 0 Å². The fourth-order valence-corrected chi connectivity index (χ4v) is 2.11. The normalized spacial score (nSPS) is 10.3. The summed E-state index contributed by atoms with van der Waals surface area (Å²) in [5, 5.41) is 7.96. The number of halogens is 3. The third-order valence-electron chi connectivity index (χ3n) is 2.66. The number of nitrogens with one attached hydrogen (secondary N) is 1. The van der Waals surface area contributed by atoms with E-state index < -0.39 is 5.82 Å². The van der Waals surface area contributed by atoms with Crippen LogP contribution in [-0.4, -0.2) is 5.84 Å². The Labute approximate surface area is 125 Å². The molecule has 0 heterocycles. The lowest BCUT2D eigenvalue weighted by atomic mass is 10.1. The van der Waals surface area contributed by atoms with Crippen LogP contribution in [0.1, 0.15) is 11.1 Å². The topological polar surface area (TPSA) is 59.1 Å². The van der Waals surface area contributed by atoms with Crippen LogP contribution in [0.5, 0.6) is 5.75 Å². The summed E-state index contributed by atoms with van der Waals surface area (Å²) in [4.78, 5) is 0. The second-order valence-corrected chi connectivity index (χ2v) is 4.87. The maximum atomic E-state index is 13.8. The zero-order chi connectivity index (χ0) is 14.7. The van der Waals surface area contributed by atoms with E-state index in [1.807, 2.05) is 0 Å². The van der Waals surface area contributed by atoms with Gasteiger partial charge >= 0.3 is 0 Å². The minimum Gasteiger partial charge on any atom is -0.486 e. The number of rotatable bonds is 4. The molecular formula is C14H11Cl2FN2O. The summed E-state index contributed by atoms with van der Waals surface area (Å²) >= 11 is 11.9. The van der Waals surface area contributed by atoms with Crippen LogP contribution in [0, 0.1) is 11.2 Å². The molecule has 0 aliphatic rings. The SMILES string of the molecule is N=C(N)c1ccc(COc2c(Cl)cccc2Cl)c(F)c1. The Balaban J connectivity index is 2.17. The molecule has 0 aliphatic carbocycles. The fraction of sp³-hybridized carbons (Fsp3) is 0.0714. The van der Waals surface area contributed by atoms with Crippen molar-refractivity contribution < 1.29 is 9.13 Å². The minimum absolute atomic E-state index is 0.0204. The Bertz CT molecular complexity index is 641. The number of nitrogens with two attached hydrogens (primary N) is 1. The van der Waals surface area contributed by atoms with Crippen molar-refractivity contribution in [2.24, 2.45) is 5.73 Å². The van der Waals surface area contributed by atoms with Crippen molar-refractivity contribution in [2.75, 3.05) is 0 Å². The first-order chi connectivity index (χ1) is 9.49. The van der Waals surface area contributed by atoms with Crippen molar-refractivity contribution >= 4 is 29.0 Å². The fourth-order valence-electron chi connectivity index (χ4n) is 1.60. The third kappa shape index (κ3) is 3.21. The van der Waals surface area contributed by atoms with E-state index >= 15 is 0 Å². The molecule has 0 amide bonds. The summed E-state index contributed by atoms with van der Waals surface area (Å²) in [7, 11) is 0. The Morgan fingerprint density at radius 1 is 1.20 bits per heavy atom. The predicted molar refractivity (Wildman–Crippen MR) is 78.2 cm³/mol. The summed E-state index contributed by atoms with van der Waals surface area (Å²) in [6.07, 6.45) is 0. The Morgan fingerprint density at radius 2 is 1.85 bits per heavy atom. The number of benzene rings is 2. The van der Waals surface area contributed by atoms with Gasteiger partial charge in [-0.2, -0.15) is 0 Å². The van der Waals surface area contributed by atoms with Crippen LogP contribution in [0.4, 0.5) is 4.39 Å². The largest absolute Gasteiger partial charge is 0.486 e. The van der Waals surface area contributed by atoms with Crippen LogP contribution in [0.3, 0.4) is 0 Å². The highest BCUT2D eigenvalue weighted by atomic mass is 35.5. The maximum absolute atomic E-state index is 13.8. The second kappa shape index (κ2) is 6.11. The van der Waals surface area contributed by atoms with E-state index in [-0.39, 0.29) is 12.4 Å². The first kappa shape index (κ1) is 14.6. The molecule has 0 aliphatic heterocycles. The van der Waals surface area contributed by atoms with Gasteiger partial charge in [0, 0.05) is 11.1 Å². The second-order valence-electron chi connectivity index (χ2n) is 4.06. The molecule has 0 spiro atoms. The lowest BCUT2D eigenvalue weighted by molar-refractivity contribution is 0.300. The van der Waals surface area contributed by atoms with Crippen molar-refractivity contribution in [3.63, 3.8) is 0 Å². The van der Waals surface area contributed by atoms with E-state index in [0.29, 0.717) is 26.9 Å². The number of hydrogen-bond donors (Lipinski definition) is 2. The van der Waals surface area contributed by atoms with Crippen molar-refractivity contribution in [3.8, 4) is 5.75 Å². The first-order valence-electron chi connectivity index (χ1n) is 5.68. The van der Waals surface area contributed by atoms with Gasteiger partial charge in [-0.25, -0.2) is 4.39 Å². The van der Waals surface area contributed by atoms with Gasteiger partial charge in [-0.05, 0) is 18.2 Å². The summed E-state index contributed by atoms with van der Waals surface area (Å²) < 4.78 is 19.3. The highest BCUT2D eigenvalue weighted by Gasteiger charge is 2.10. The molecule has 0 aromatic heterocycles. The standard InChI is InChI=1S/C14H11Cl2FN2O/c15-10-2-1-3-11(16)13(10)20-7-9-5-4-8(14(18)19)6-12(9)17/h1-6H,7H2,(H3,18,19). The van der Waals surface area contributed by atoms with Crippen molar-refractivity contribution in [1.29, 1.82) is 5.41 Å². The molecule has 0 unspecified atom stereocenters. The van der Waals surface area contributed by atoms with Gasteiger partial charge in [-0.15, -0.1) is 0 Å². The number of nitrogen functional groups attached to an aromatic ring is 1. The highest BCUT2D eigenvalue weighted by Crippen LogP contribution is 2.33. The molecule has 6 heteroatoms. The minimum atomic E-state index is -0.499. The third-order valence-corrected chi connectivity index (χ3v) is 3.25. The summed E-state index contributed by atoms with van der Waals surface area (Å²) in [6, 6.07) is 9.22. The average Bonchev–Trinajstić information content (AvgIpc) is 2.39. The Hall–Kier alpha value is -1.78. The van der Waals surface area contributed by atoms with E-state index in [9.17, 15) is 4.39 Å². The molecule has 20 heavy (non-hydrogen) atoms. The molecule has 0 saturated carbocycles. The molecule has 2 aromatic rings.